The summed E-state index contributed by atoms with van der Waals surface area (Å²) in [7, 11) is 3.21. The van der Waals surface area contributed by atoms with E-state index in [1.807, 2.05) is 103 Å². The van der Waals surface area contributed by atoms with Crippen molar-refractivity contribution in [2.45, 2.75) is 12.8 Å². The van der Waals surface area contributed by atoms with E-state index in [1.54, 1.807) is 45.7 Å². The van der Waals surface area contributed by atoms with Gasteiger partial charge in [0.25, 0.3) is 0 Å². The predicted molar refractivity (Wildman–Crippen MR) is 297 cm³/mol. The van der Waals surface area contributed by atoms with Crippen molar-refractivity contribution in [3.8, 4) is 69.6 Å². The Kier molecular flexibility index (Phi) is 23.9. The number of para-hydroxylation sites is 4. The van der Waals surface area contributed by atoms with Gasteiger partial charge in [0.2, 0.25) is 0 Å². The van der Waals surface area contributed by atoms with Crippen molar-refractivity contribution in [1.29, 1.82) is 10.5 Å². The molecule has 2 aromatic heterocycles. The molecule has 1 unspecified atom stereocenters. The Morgan fingerprint density at radius 2 is 0.962 bits per heavy atom. The van der Waals surface area contributed by atoms with E-state index in [9.17, 15) is 18.9 Å². The molecule has 8 rings (SSSR count). The summed E-state index contributed by atoms with van der Waals surface area (Å²) in [5.74, 6) is 6.33. The van der Waals surface area contributed by atoms with Crippen LogP contribution >= 0.6 is 11.6 Å². The molecule has 1 atom stereocenters. The number of ether oxygens (including phenoxy) is 8. The molecule has 78 heavy (non-hydrogen) atoms. The minimum absolute atomic E-state index is 0. The van der Waals surface area contributed by atoms with Crippen molar-refractivity contribution in [3.63, 3.8) is 0 Å². The largest absolute Gasteiger partial charge is 1.00 e. The van der Waals surface area contributed by atoms with Crippen molar-refractivity contribution >= 4 is 77.1 Å². The maximum absolute atomic E-state index is 11.4. The zero-order valence-electron chi connectivity index (χ0n) is 43.8. The van der Waals surface area contributed by atoms with Crippen molar-refractivity contribution in [2.75, 3.05) is 76.4 Å². The molecule has 6 aromatic carbocycles. The standard InChI is InChI=1S/C28H27N3O6S.C27H24ClN3O4.CH4O2S.Na/c1-34-24-7-4-5-8-25(24)37-21-11-9-20(10-12-21)31-28-19(17-29)18-30-23-16-27(26(35-2)15-22(23)28)36-13-6-14-38(3,32)33;1-32-23-6-3-4-7-24(23)35-20-10-8-19(9-11-20)31-27-18(16-29)17-30-22-15-26(34-13-5-12-28)25(33-2)14-21(22)27;1-4(2)3;/h4-5,7-12,15-16,18H,6,13-14H2,1-3H3,(H,30,31);3-4,6-11,14-15,17H,5,12-13H2,1-2H3,(H,30,31);1H3,(H,2,3);/q;;;+1/p-1. The van der Waals surface area contributed by atoms with Gasteiger partial charge in [-0.2, -0.15) is 10.5 Å². The first-order valence-corrected chi connectivity index (χ1v) is 27.5. The van der Waals surface area contributed by atoms with E-state index in [-0.39, 0.29) is 41.9 Å². The van der Waals surface area contributed by atoms with E-state index in [2.05, 4.69) is 32.7 Å². The summed E-state index contributed by atoms with van der Waals surface area (Å²) in [6.07, 6.45) is 6.37. The number of sulfone groups is 1. The minimum atomic E-state index is -3.07. The molecule has 0 aliphatic heterocycles. The number of pyridine rings is 2. The second kappa shape index (κ2) is 30.4. The molecule has 0 amide bonds. The maximum atomic E-state index is 11.4. The Morgan fingerprint density at radius 1 is 0.590 bits per heavy atom. The zero-order chi connectivity index (χ0) is 55.3. The number of anilines is 4. The second-order valence-corrected chi connectivity index (χ2v) is 19.7. The van der Waals surface area contributed by atoms with Crippen molar-refractivity contribution in [3.05, 3.63) is 145 Å². The van der Waals surface area contributed by atoms with Crippen LogP contribution in [0, 0.1) is 22.7 Å². The molecule has 400 valence electrons. The summed E-state index contributed by atoms with van der Waals surface area (Å²) in [5, 5.41) is 27.5. The number of hydrogen-bond donors (Lipinski definition) is 2. The molecule has 0 fully saturated rings. The van der Waals surface area contributed by atoms with Crippen LogP contribution in [-0.2, 0) is 20.9 Å². The summed E-state index contributed by atoms with van der Waals surface area (Å²) in [5.41, 5.74) is 4.73. The van der Waals surface area contributed by atoms with Gasteiger partial charge in [-0.25, -0.2) is 8.42 Å². The van der Waals surface area contributed by atoms with Crippen LogP contribution in [0.4, 0.5) is 22.7 Å². The summed E-state index contributed by atoms with van der Waals surface area (Å²) in [6.45, 7) is 0.676. The fraction of sp³-hybridized carbons (Fsp3) is 0.214. The van der Waals surface area contributed by atoms with Gasteiger partial charge in [-0.3, -0.25) is 14.2 Å². The third-order valence-corrected chi connectivity index (χ3v) is 12.1. The number of halogens is 1. The number of benzene rings is 6. The van der Waals surface area contributed by atoms with Gasteiger partial charge < -0.3 is 53.1 Å². The van der Waals surface area contributed by atoms with Gasteiger partial charge in [-0.05, 0) is 104 Å². The minimum Gasteiger partial charge on any atom is -0.773 e. The number of nitrogens with one attached hydrogen (secondary N) is 2. The maximum Gasteiger partial charge on any atom is 1.00 e. The third-order valence-electron chi connectivity index (χ3n) is 10.8. The van der Waals surface area contributed by atoms with E-state index in [4.69, 9.17) is 58.3 Å². The number of fused-ring (bicyclic) bond motifs is 2. The van der Waals surface area contributed by atoms with Crippen molar-refractivity contribution < 1.29 is 84.6 Å². The SMILES string of the molecule is COc1cc2c(Nc3ccc(Oc4ccccc4OC)cc3)c(C#N)cnc2cc1OCCCCl.COc1cc2c(Nc3ccc(Oc4ccccc4OC)cc3)c(C#N)cnc2cc1OCCCS(C)(=O)=O.CS(=O)[O-].[Na+]. The van der Waals surface area contributed by atoms with Crippen LogP contribution in [0.3, 0.4) is 0 Å². The van der Waals surface area contributed by atoms with Crippen LogP contribution in [0.15, 0.2) is 134 Å². The molecule has 2 N–H and O–H groups in total. The molecule has 2 heterocycles. The summed E-state index contributed by atoms with van der Waals surface area (Å²) in [4.78, 5) is 8.85. The number of rotatable bonds is 21. The molecule has 0 saturated heterocycles. The molecule has 0 aliphatic carbocycles. The topological polar surface area (TPSA) is 246 Å². The van der Waals surface area contributed by atoms with Gasteiger partial charge in [0.05, 0.1) is 80.9 Å². The van der Waals surface area contributed by atoms with E-state index in [0.717, 1.165) is 23.0 Å². The van der Waals surface area contributed by atoms with Gasteiger partial charge in [0.1, 0.15) is 33.5 Å². The Bertz CT molecular complexity index is 3510. The van der Waals surface area contributed by atoms with E-state index in [1.165, 1.54) is 19.6 Å². The van der Waals surface area contributed by atoms with Crippen LogP contribution in [0.25, 0.3) is 21.8 Å². The van der Waals surface area contributed by atoms with E-state index < -0.39 is 20.9 Å². The van der Waals surface area contributed by atoms with E-state index in [0.29, 0.717) is 122 Å². The second-order valence-electron chi connectivity index (χ2n) is 16.3. The van der Waals surface area contributed by atoms with Crippen LogP contribution in [0.5, 0.6) is 57.5 Å². The molecule has 0 spiro atoms. The molecule has 8 aromatic rings. The molecule has 22 heteroatoms. The quantitative estimate of drug-likeness (QED) is 0.0296. The van der Waals surface area contributed by atoms with Crippen molar-refractivity contribution in [2.24, 2.45) is 0 Å². The predicted octanol–water partition coefficient (Wildman–Crippen LogP) is 8.64. The average Bonchev–Trinajstić information content (AvgIpc) is 3.56. The fourth-order valence-electron chi connectivity index (χ4n) is 7.28. The number of aromatic nitrogens is 2. The molecular formula is C56H54ClN6NaO12S2. The smallest absolute Gasteiger partial charge is 0.773 e. The third kappa shape index (κ3) is 17.5. The Morgan fingerprint density at radius 3 is 1.31 bits per heavy atom. The molecule has 18 nitrogen and oxygen atoms in total. The van der Waals surface area contributed by atoms with Crippen LogP contribution in [0.1, 0.15) is 24.0 Å². The van der Waals surface area contributed by atoms with Gasteiger partial charge in [0.15, 0.2) is 46.0 Å². The normalized spacial score (nSPS) is 10.8. The summed E-state index contributed by atoms with van der Waals surface area (Å²) in [6, 6.07) is 41.0. The Hall–Kier alpha value is -7.53. The number of nitriles is 2. The number of alkyl halides is 1. The average molecular weight is 1130 g/mol. The molecule has 0 aliphatic rings. The summed E-state index contributed by atoms with van der Waals surface area (Å²) < 4.78 is 86.0. The van der Waals surface area contributed by atoms with Gasteiger partial charge in [-0.1, -0.05) is 35.3 Å². The van der Waals surface area contributed by atoms with E-state index >= 15 is 0 Å². The first-order valence-electron chi connectivity index (χ1n) is 23.4. The van der Waals surface area contributed by atoms with Gasteiger partial charge >= 0.3 is 29.6 Å². The Balaban J connectivity index is 0.000000266. The first-order chi connectivity index (χ1) is 37.2. The first kappa shape index (κ1) is 61.3. The number of nitrogens with zero attached hydrogens (tertiary/aromatic N) is 4. The fourth-order valence-corrected chi connectivity index (χ4v) is 8.04. The zero-order valence-corrected chi connectivity index (χ0v) is 48.2. The molecular weight excluding hydrogens is 1070 g/mol. The molecule has 0 saturated carbocycles. The molecule has 0 radical (unpaired) electrons. The van der Waals surface area contributed by atoms with Crippen LogP contribution in [-0.4, -0.2) is 92.9 Å². The molecule has 0 bridgehead atoms. The van der Waals surface area contributed by atoms with Crippen LogP contribution in [0.2, 0.25) is 0 Å². The Labute approximate surface area is 482 Å². The van der Waals surface area contributed by atoms with Crippen molar-refractivity contribution in [1.82, 2.24) is 9.97 Å². The number of methoxy groups -OCH3 is 4. The monoisotopic (exact) mass is 1120 g/mol. The van der Waals surface area contributed by atoms with Crippen LogP contribution < -0.4 is 78.1 Å². The number of hydrogen-bond acceptors (Lipinski definition) is 18. The van der Waals surface area contributed by atoms with Gasteiger partial charge in [-0.15, -0.1) is 11.6 Å². The van der Waals surface area contributed by atoms with Gasteiger partial charge in [0, 0.05) is 58.8 Å². The summed E-state index contributed by atoms with van der Waals surface area (Å²) >= 11 is 3.89.